The van der Waals surface area contributed by atoms with Crippen LogP contribution in [0, 0.1) is 19.7 Å². The summed E-state index contributed by atoms with van der Waals surface area (Å²) >= 11 is 3.32. The first-order valence-corrected chi connectivity index (χ1v) is 7.19. The Morgan fingerprint density at radius 3 is 2.24 bits per heavy atom. The van der Waals surface area contributed by atoms with Crippen LogP contribution < -0.4 is 0 Å². The fourth-order valence-corrected chi connectivity index (χ4v) is 2.96. The van der Waals surface area contributed by atoms with Crippen LogP contribution in [-0.2, 0) is 6.18 Å². The Labute approximate surface area is 128 Å². The van der Waals surface area contributed by atoms with Crippen LogP contribution in [0.5, 0.6) is 0 Å². The smallest absolute Gasteiger partial charge is 0.207 e. The maximum atomic E-state index is 13.9. The average molecular weight is 361 g/mol. The highest BCUT2D eigenvalue weighted by atomic mass is 79.9. The van der Waals surface area contributed by atoms with Gasteiger partial charge in [0.15, 0.2) is 0 Å². The average Bonchev–Trinajstić information content (AvgIpc) is 2.40. The largest absolute Gasteiger partial charge is 0.416 e. The molecule has 0 fully saturated rings. The number of hydrogen-bond donors (Lipinski definition) is 0. The van der Waals surface area contributed by atoms with E-state index in [9.17, 15) is 17.6 Å². The Balaban J connectivity index is 2.52. The fraction of sp³-hybridized carbons (Fsp3) is 0.250. The summed E-state index contributed by atoms with van der Waals surface area (Å²) in [5, 5.41) is 0. The molecule has 0 nitrogen and oxygen atoms in total. The molecule has 2 rings (SSSR count). The minimum Gasteiger partial charge on any atom is -0.207 e. The van der Waals surface area contributed by atoms with E-state index in [1.807, 2.05) is 32.0 Å². The van der Waals surface area contributed by atoms with E-state index >= 15 is 0 Å². The van der Waals surface area contributed by atoms with Crippen LogP contribution in [0.15, 0.2) is 36.4 Å². The Kier molecular flexibility index (Phi) is 4.42. The van der Waals surface area contributed by atoms with Crippen molar-refractivity contribution < 1.29 is 17.6 Å². The molecule has 0 heterocycles. The lowest BCUT2D eigenvalue weighted by atomic mass is 9.97. The molecule has 0 aliphatic carbocycles. The van der Waals surface area contributed by atoms with E-state index in [1.165, 1.54) is 0 Å². The summed E-state index contributed by atoms with van der Waals surface area (Å²) in [5.74, 6) is -0.661. The molecule has 0 bridgehead atoms. The summed E-state index contributed by atoms with van der Waals surface area (Å²) < 4.78 is 52.2. The SMILES string of the molecule is Cc1ccc(C)c(C(Br)c2cc(C(F)(F)F)ccc2F)c1. The topological polar surface area (TPSA) is 0 Å². The van der Waals surface area contributed by atoms with Crippen LogP contribution in [0.1, 0.15) is 32.6 Å². The van der Waals surface area contributed by atoms with Gasteiger partial charge in [-0.3, -0.25) is 0 Å². The number of rotatable bonds is 2. The van der Waals surface area contributed by atoms with Crippen molar-refractivity contribution >= 4 is 15.9 Å². The van der Waals surface area contributed by atoms with Crippen molar-refractivity contribution in [3.8, 4) is 0 Å². The van der Waals surface area contributed by atoms with Crippen molar-refractivity contribution in [3.05, 3.63) is 70.0 Å². The summed E-state index contributed by atoms with van der Waals surface area (Å²) in [5.41, 5.74) is 1.74. The molecule has 0 saturated heterocycles. The zero-order chi connectivity index (χ0) is 15.8. The Morgan fingerprint density at radius 1 is 0.952 bits per heavy atom. The number of alkyl halides is 4. The second-order valence-corrected chi connectivity index (χ2v) is 5.87. The highest BCUT2D eigenvalue weighted by molar-refractivity contribution is 9.09. The third-order valence-corrected chi connectivity index (χ3v) is 4.29. The maximum absolute atomic E-state index is 13.9. The van der Waals surface area contributed by atoms with E-state index in [-0.39, 0.29) is 5.56 Å². The molecule has 0 radical (unpaired) electrons. The number of aryl methyl sites for hydroxylation is 2. The van der Waals surface area contributed by atoms with E-state index in [1.54, 1.807) is 0 Å². The van der Waals surface area contributed by atoms with E-state index < -0.39 is 22.4 Å². The summed E-state index contributed by atoms with van der Waals surface area (Å²) in [6.07, 6.45) is -4.49. The minimum absolute atomic E-state index is 0.0153. The van der Waals surface area contributed by atoms with Gasteiger partial charge in [0.1, 0.15) is 5.82 Å². The molecule has 0 N–H and O–H groups in total. The quantitative estimate of drug-likeness (QED) is 0.458. The molecule has 0 amide bonds. The number of halogens is 5. The monoisotopic (exact) mass is 360 g/mol. The van der Waals surface area contributed by atoms with Crippen molar-refractivity contribution in [2.75, 3.05) is 0 Å². The van der Waals surface area contributed by atoms with Crippen molar-refractivity contribution in [1.29, 1.82) is 0 Å². The first kappa shape index (κ1) is 16.0. The van der Waals surface area contributed by atoms with Crippen molar-refractivity contribution in [2.24, 2.45) is 0 Å². The Bertz CT molecular complexity index is 662. The van der Waals surface area contributed by atoms with Crippen LogP contribution in [0.4, 0.5) is 17.6 Å². The van der Waals surface area contributed by atoms with Crippen molar-refractivity contribution in [2.45, 2.75) is 24.9 Å². The predicted octanol–water partition coefficient (Wildman–Crippen LogP) is 5.95. The second-order valence-electron chi connectivity index (χ2n) is 4.96. The predicted molar refractivity (Wildman–Crippen MR) is 78.1 cm³/mol. The van der Waals surface area contributed by atoms with Gasteiger partial charge in [0.2, 0.25) is 0 Å². The zero-order valence-electron chi connectivity index (χ0n) is 11.4. The van der Waals surface area contributed by atoms with Gasteiger partial charge in [-0.15, -0.1) is 0 Å². The van der Waals surface area contributed by atoms with Gasteiger partial charge in [-0.1, -0.05) is 39.7 Å². The van der Waals surface area contributed by atoms with E-state index in [4.69, 9.17) is 0 Å². The van der Waals surface area contributed by atoms with Gasteiger partial charge in [-0.25, -0.2) is 4.39 Å². The molecule has 2 aromatic carbocycles. The second kappa shape index (κ2) is 5.79. The maximum Gasteiger partial charge on any atom is 0.416 e. The highest BCUT2D eigenvalue weighted by Crippen LogP contribution is 2.38. The van der Waals surface area contributed by atoms with Gasteiger partial charge in [-0.2, -0.15) is 13.2 Å². The molecule has 5 heteroatoms. The molecule has 0 spiro atoms. The Hall–Kier alpha value is -1.36. The lowest BCUT2D eigenvalue weighted by Gasteiger charge is -2.17. The summed E-state index contributed by atoms with van der Waals surface area (Å²) in [7, 11) is 0. The third kappa shape index (κ3) is 3.46. The van der Waals surface area contributed by atoms with E-state index in [2.05, 4.69) is 15.9 Å². The van der Waals surface area contributed by atoms with Crippen molar-refractivity contribution in [3.63, 3.8) is 0 Å². The molecular formula is C16H13BrF4. The molecule has 0 aromatic heterocycles. The first-order valence-electron chi connectivity index (χ1n) is 6.28. The molecular weight excluding hydrogens is 348 g/mol. The van der Waals surface area contributed by atoms with Gasteiger partial charge in [-0.05, 0) is 43.2 Å². The highest BCUT2D eigenvalue weighted by Gasteiger charge is 2.32. The van der Waals surface area contributed by atoms with Gasteiger partial charge in [0.05, 0.1) is 10.4 Å². The van der Waals surface area contributed by atoms with Crippen LogP contribution in [0.25, 0.3) is 0 Å². The standard InChI is InChI=1S/C16H13BrF4/c1-9-3-4-10(2)12(7-9)15(17)13-8-11(16(19,20)21)5-6-14(13)18/h3-8,15H,1-2H3. The molecule has 21 heavy (non-hydrogen) atoms. The van der Waals surface area contributed by atoms with Crippen LogP contribution in [-0.4, -0.2) is 0 Å². The molecule has 1 unspecified atom stereocenters. The lowest BCUT2D eigenvalue weighted by molar-refractivity contribution is -0.137. The normalized spacial score (nSPS) is 13.3. The number of hydrogen-bond acceptors (Lipinski definition) is 0. The first-order chi connectivity index (χ1) is 9.70. The lowest BCUT2D eigenvalue weighted by Crippen LogP contribution is -2.08. The zero-order valence-corrected chi connectivity index (χ0v) is 13.0. The number of benzene rings is 2. The third-order valence-electron chi connectivity index (χ3n) is 3.30. The van der Waals surface area contributed by atoms with Crippen LogP contribution >= 0.6 is 15.9 Å². The molecule has 1 atom stereocenters. The summed E-state index contributed by atoms with van der Waals surface area (Å²) in [6.45, 7) is 3.72. The van der Waals surface area contributed by atoms with Gasteiger partial charge >= 0.3 is 6.18 Å². The molecule has 0 aliphatic rings. The fourth-order valence-electron chi connectivity index (χ4n) is 2.11. The molecule has 0 saturated carbocycles. The van der Waals surface area contributed by atoms with Gasteiger partial charge in [0.25, 0.3) is 0 Å². The van der Waals surface area contributed by atoms with E-state index in [0.717, 1.165) is 34.9 Å². The molecule has 112 valence electrons. The summed E-state index contributed by atoms with van der Waals surface area (Å²) in [6, 6.07) is 8.08. The Morgan fingerprint density at radius 2 is 1.62 bits per heavy atom. The van der Waals surface area contributed by atoms with Gasteiger partial charge < -0.3 is 0 Å². The van der Waals surface area contributed by atoms with Crippen LogP contribution in [0.3, 0.4) is 0 Å². The van der Waals surface area contributed by atoms with Gasteiger partial charge in [0, 0.05) is 5.56 Å². The van der Waals surface area contributed by atoms with E-state index in [0.29, 0.717) is 0 Å². The molecule has 2 aromatic rings. The van der Waals surface area contributed by atoms with Crippen LogP contribution in [0.2, 0.25) is 0 Å². The summed E-state index contributed by atoms with van der Waals surface area (Å²) in [4.78, 5) is -0.625. The molecule has 0 aliphatic heterocycles. The van der Waals surface area contributed by atoms with Crippen molar-refractivity contribution in [1.82, 2.24) is 0 Å². The minimum atomic E-state index is -4.49.